The first kappa shape index (κ1) is 15.6. The van der Waals surface area contributed by atoms with Crippen molar-refractivity contribution in [2.24, 2.45) is 5.10 Å². The predicted molar refractivity (Wildman–Crippen MR) is 94.5 cm³/mol. The van der Waals surface area contributed by atoms with Gasteiger partial charge in [-0.05, 0) is 17.7 Å². The highest BCUT2D eigenvalue weighted by Crippen LogP contribution is 2.34. The van der Waals surface area contributed by atoms with Crippen LogP contribution in [0.2, 0.25) is 10.0 Å². The number of rotatable bonds is 2. The third kappa shape index (κ3) is 2.70. The van der Waals surface area contributed by atoms with Gasteiger partial charge in [-0.3, -0.25) is 0 Å². The fourth-order valence-corrected chi connectivity index (χ4v) is 3.67. The number of halogens is 3. The molecule has 1 aliphatic heterocycles. The van der Waals surface area contributed by atoms with Crippen LogP contribution in [-0.4, -0.2) is 26.3 Å². The van der Waals surface area contributed by atoms with E-state index in [1.165, 1.54) is 23.9 Å². The molecule has 0 radical (unpaired) electrons. The molecule has 0 saturated heterocycles. The molecular formula is C16H9Cl2FN4S. The largest absolute Gasteiger partial charge is 0.212 e. The maximum Gasteiger partial charge on any atom is 0.212 e. The minimum Gasteiger partial charge on any atom is -0.205 e. The zero-order valence-corrected chi connectivity index (χ0v) is 14.4. The standard InChI is InChI=1S/C16H9Cl2FN4S/c17-11-7-12(18)13(19)6-10(11)15-20-21-16-23(15)22-14(8-24-16)9-4-2-1-3-5-9/h1-7H,8H2. The lowest BCUT2D eigenvalue weighted by Crippen LogP contribution is -2.13. The molecule has 0 atom stereocenters. The maximum absolute atomic E-state index is 13.8. The molecule has 0 spiro atoms. The van der Waals surface area contributed by atoms with E-state index in [4.69, 9.17) is 23.2 Å². The quantitative estimate of drug-likeness (QED) is 0.604. The number of thioether (sulfide) groups is 1. The van der Waals surface area contributed by atoms with Crippen molar-refractivity contribution in [1.82, 2.24) is 14.9 Å². The highest BCUT2D eigenvalue weighted by Gasteiger charge is 2.22. The van der Waals surface area contributed by atoms with Gasteiger partial charge in [0.05, 0.1) is 15.8 Å². The van der Waals surface area contributed by atoms with Gasteiger partial charge >= 0.3 is 0 Å². The molecule has 120 valence electrons. The second-order valence-electron chi connectivity index (χ2n) is 5.07. The van der Waals surface area contributed by atoms with Crippen LogP contribution in [-0.2, 0) is 0 Å². The van der Waals surface area contributed by atoms with Crippen LogP contribution < -0.4 is 0 Å². The van der Waals surface area contributed by atoms with Crippen molar-refractivity contribution in [3.8, 4) is 11.4 Å². The van der Waals surface area contributed by atoms with Crippen molar-refractivity contribution in [3.63, 3.8) is 0 Å². The Balaban J connectivity index is 1.85. The number of hydrogen-bond acceptors (Lipinski definition) is 4. The monoisotopic (exact) mass is 378 g/mol. The van der Waals surface area contributed by atoms with Crippen LogP contribution in [0.5, 0.6) is 0 Å². The summed E-state index contributed by atoms with van der Waals surface area (Å²) in [6.07, 6.45) is 0. The number of hydrogen-bond donors (Lipinski definition) is 0. The Kier molecular flexibility index (Phi) is 4.04. The van der Waals surface area contributed by atoms with Crippen LogP contribution >= 0.6 is 35.0 Å². The van der Waals surface area contributed by atoms with Crippen molar-refractivity contribution in [1.29, 1.82) is 0 Å². The lowest BCUT2D eigenvalue weighted by molar-refractivity contribution is 0.628. The van der Waals surface area contributed by atoms with Gasteiger partial charge in [-0.15, -0.1) is 10.2 Å². The molecule has 8 heteroatoms. The second-order valence-corrected chi connectivity index (χ2v) is 6.82. The Morgan fingerprint density at radius 1 is 1.04 bits per heavy atom. The Bertz CT molecular complexity index is 956. The van der Waals surface area contributed by atoms with Gasteiger partial charge in [-0.1, -0.05) is 65.3 Å². The third-order valence-corrected chi connectivity index (χ3v) is 5.06. The first-order valence-corrected chi connectivity index (χ1v) is 8.74. The first-order chi connectivity index (χ1) is 11.6. The van der Waals surface area contributed by atoms with Gasteiger partial charge < -0.3 is 0 Å². The van der Waals surface area contributed by atoms with E-state index in [2.05, 4.69) is 15.3 Å². The molecule has 0 N–H and O–H groups in total. The molecule has 0 aliphatic carbocycles. The van der Waals surface area contributed by atoms with Crippen molar-refractivity contribution in [2.45, 2.75) is 5.16 Å². The Morgan fingerprint density at radius 3 is 2.62 bits per heavy atom. The smallest absolute Gasteiger partial charge is 0.205 e. The molecule has 2 heterocycles. The topological polar surface area (TPSA) is 43.1 Å². The first-order valence-electron chi connectivity index (χ1n) is 7.00. The van der Waals surface area contributed by atoms with E-state index < -0.39 is 5.82 Å². The van der Waals surface area contributed by atoms with Gasteiger partial charge in [-0.25, -0.2) is 4.39 Å². The van der Waals surface area contributed by atoms with Crippen LogP contribution in [0.1, 0.15) is 5.56 Å². The zero-order chi connectivity index (χ0) is 16.7. The molecule has 0 fully saturated rings. The fourth-order valence-electron chi connectivity index (χ4n) is 2.36. The van der Waals surface area contributed by atoms with E-state index in [1.807, 2.05) is 30.3 Å². The minimum absolute atomic E-state index is 0.0371. The molecule has 0 amide bonds. The number of fused-ring (bicyclic) bond motifs is 1. The normalized spacial score (nSPS) is 13.5. The maximum atomic E-state index is 13.8. The van der Waals surface area contributed by atoms with Crippen molar-refractivity contribution < 1.29 is 4.39 Å². The Labute approximate surface area is 151 Å². The predicted octanol–water partition coefficient (Wildman–Crippen LogP) is 4.75. The van der Waals surface area contributed by atoms with Crippen molar-refractivity contribution in [2.75, 3.05) is 5.75 Å². The van der Waals surface area contributed by atoms with E-state index in [9.17, 15) is 4.39 Å². The lowest BCUT2D eigenvalue weighted by Gasteiger charge is -2.14. The summed E-state index contributed by atoms with van der Waals surface area (Å²) in [7, 11) is 0. The van der Waals surface area contributed by atoms with Gasteiger partial charge in [0.25, 0.3) is 0 Å². The highest BCUT2D eigenvalue weighted by molar-refractivity contribution is 7.99. The summed E-state index contributed by atoms with van der Waals surface area (Å²) in [5.74, 6) is 0.501. The molecule has 4 nitrogen and oxygen atoms in total. The van der Waals surface area contributed by atoms with Crippen molar-refractivity contribution >= 4 is 40.7 Å². The van der Waals surface area contributed by atoms with E-state index in [0.717, 1.165) is 11.3 Å². The van der Waals surface area contributed by atoms with Gasteiger partial charge in [0.1, 0.15) is 5.82 Å². The number of nitrogens with zero attached hydrogens (tertiary/aromatic N) is 4. The summed E-state index contributed by atoms with van der Waals surface area (Å²) in [4.78, 5) is 0. The molecule has 0 unspecified atom stereocenters. The van der Waals surface area contributed by atoms with Gasteiger partial charge in [0.15, 0.2) is 5.82 Å². The van der Waals surface area contributed by atoms with Gasteiger partial charge in [0.2, 0.25) is 5.16 Å². The summed E-state index contributed by atoms with van der Waals surface area (Å²) in [5.41, 5.74) is 2.30. The van der Waals surface area contributed by atoms with Crippen LogP contribution in [0.15, 0.2) is 52.7 Å². The van der Waals surface area contributed by atoms with Crippen LogP contribution in [0.25, 0.3) is 11.4 Å². The van der Waals surface area contributed by atoms with E-state index in [-0.39, 0.29) is 5.02 Å². The fraction of sp³-hybridized carbons (Fsp3) is 0.0625. The van der Waals surface area contributed by atoms with Crippen LogP contribution in [0, 0.1) is 5.82 Å². The highest BCUT2D eigenvalue weighted by atomic mass is 35.5. The third-order valence-electron chi connectivity index (χ3n) is 3.53. The van der Waals surface area contributed by atoms with E-state index in [0.29, 0.717) is 27.3 Å². The molecule has 0 saturated carbocycles. The van der Waals surface area contributed by atoms with Gasteiger partial charge in [-0.2, -0.15) is 9.78 Å². The molecule has 1 aliphatic rings. The van der Waals surface area contributed by atoms with Crippen molar-refractivity contribution in [3.05, 3.63) is 63.9 Å². The summed E-state index contributed by atoms with van der Waals surface area (Å²) >= 11 is 13.5. The molecule has 3 aromatic rings. The summed E-state index contributed by atoms with van der Waals surface area (Å²) in [6, 6.07) is 12.4. The molecule has 0 bridgehead atoms. The van der Waals surface area contributed by atoms with Crippen LogP contribution in [0.3, 0.4) is 0 Å². The summed E-state index contributed by atoms with van der Waals surface area (Å²) in [5, 5.41) is 13.7. The van der Waals surface area contributed by atoms with E-state index in [1.54, 1.807) is 4.68 Å². The number of benzene rings is 2. The van der Waals surface area contributed by atoms with Gasteiger partial charge in [0, 0.05) is 11.3 Å². The molecule has 24 heavy (non-hydrogen) atoms. The van der Waals surface area contributed by atoms with Crippen LogP contribution in [0.4, 0.5) is 4.39 Å². The van der Waals surface area contributed by atoms with E-state index >= 15 is 0 Å². The molecule has 1 aromatic heterocycles. The Hall–Kier alpha value is -1.89. The summed E-state index contributed by atoms with van der Waals surface area (Å²) < 4.78 is 15.4. The Morgan fingerprint density at radius 2 is 1.83 bits per heavy atom. The SMILES string of the molecule is Fc1cc(-c2nnc3n2N=C(c2ccccc2)CS3)c(Cl)cc1Cl. The minimum atomic E-state index is -0.566. The molecule has 2 aromatic carbocycles. The molecule has 4 rings (SSSR count). The second kappa shape index (κ2) is 6.20. The number of aromatic nitrogens is 3. The zero-order valence-electron chi connectivity index (χ0n) is 12.1. The molecular weight excluding hydrogens is 370 g/mol. The average molecular weight is 379 g/mol. The summed E-state index contributed by atoms with van der Waals surface area (Å²) in [6.45, 7) is 0. The lowest BCUT2D eigenvalue weighted by atomic mass is 10.1. The average Bonchev–Trinajstić information content (AvgIpc) is 3.02.